The molecule has 1 aromatic carbocycles. The molecule has 0 atom stereocenters. The molecule has 0 spiro atoms. The standard InChI is InChI=1S/C24H27N3O4/c1-25-22(28)21(23(29)26(2)24(25)30)18-15-20(16-9-5-4-6-10-16)27(13-14-31-3)19-12-8-7-11-17(18)19/h4-6,9-10,15H,7-8,11-14H2,1-3H3. The minimum Gasteiger partial charge on any atom is -0.383 e. The van der Waals surface area contributed by atoms with E-state index >= 15 is 0 Å². The second kappa shape index (κ2) is 8.51. The number of allylic oxidation sites excluding steroid dienone is 4. The van der Waals surface area contributed by atoms with Gasteiger partial charge in [0.15, 0.2) is 0 Å². The second-order valence-electron chi connectivity index (χ2n) is 7.97. The van der Waals surface area contributed by atoms with E-state index < -0.39 is 17.8 Å². The topological polar surface area (TPSA) is 70.2 Å². The van der Waals surface area contributed by atoms with E-state index in [-0.39, 0.29) is 5.57 Å². The summed E-state index contributed by atoms with van der Waals surface area (Å²) in [7, 11) is 4.52. The first kappa shape index (κ1) is 21.1. The van der Waals surface area contributed by atoms with Crippen LogP contribution in [0.25, 0.3) is 5.70 Å². The van der Waals surface area contributed by atoms with Gasteiger partial charge in [-0.05, 0) is 48.5 Å². The van der Waals surface area contributed by atoms with Crippen molar-refractivity contribution in [3.63, 3.8) is 0 Å². The molecule has 162 valence electrons. The largest absolute Gasteiger partial charge is 0.383 e. The maximum atomic E-state index is 13.1. The third-order valence-electron chi connectivity index (χ3n) is 6.13. The lowest BCUT2D eigenvalue weighted by Gasteiger charge is -2.39. The van der Waals surface area contributed by atoms with Gasteiger partial charge in [-0.2, -0.15) is 0 Å². The number of carbonyl (C=O) groups excluding carboxylic acids is 3. The number of hydrogen-bond acceptors (Lipinski definition) is 5. The van der Waals surface area contributed by atoms with Crippen LogP contribution in [0.3, 0.4) is 0 Å². The number of barbiturate groups is 1. The van der Waals surface area contributed by atoms with Crippen LogP contribution in [0.2, 0.25) is 0 Å². The molecule has 0 N–H and O–H groups in total. The first-order valence-electron chi connectivity index (χ1n) is 10.6. The summed E-state index contributed by atoms with van der Waals surface area (Å²) in [6.07, 6.45) is 5.64. The highest BCUT2D eigenvalue weighted by Crippen LogP contribution is 2.43. The lowest BCUT2D eigenvalue weighted by atomic mass is 9.83. The predicted molar refractivity (Wildman–Crippen MR) is 116 cm³/mol. The Kier molecular flexibility index (Phi) is 5.78. The normalized spacial score (nSPS) is 19.9. The van der Waals surface area contributed by atoms with Crippen molar-refractivity contribution in [2.24, 2.45) is 0 Å². The van der Waals surface area contributed by atoms with Gasteiger partial charge in [-0.25, -0.2) is 4.79 Å². The number of nitrogens with zero attached hydrogens (tertiary/aromatic N) is 3. The molecule has 1 aliphatic carbocycles. The number of methoxy groups -OCH3 is 1. The Balaban J connectivity index is 1.95. The molecule has 1 fully saturated rings. The van der Waals surface area contributed by atoms with Crippen LogP contribution in [0, 0.1) is 0 Å². The van der Waals surface area contributed by atoms with Gasteiger partial charge in [-0.1, -0.05) is 30.3 Å². The van der Waals surface area contributed by atoms with Gasteiger partial charge in [0.25, 0.3) is 11.8 Å². The third-order valence-corrected chi connectivity index (χ3v) is 6.13. The molecule has 7 nitrogen and oxygen atoms in total. The van der Waals surface area contributed by atoms with Crippen LogP contribution in [0.15, 0.2) is 58.8 Å². The maximum absolute atomic E-state index is 13.1. The molecule has 0 radical (unpaired) electrons. The molecular formula is C24H27N3O4. The molecule has 1 aromatic rings. The van der Waals surface area contributed by atoms with E-state index in [0.29, 0.717) is 18.7 Å². The second-order valence-corrected chi connectivity index (χ2v) is 7.97. The Hall–Kier alpha value is -3.19. The number of hydrogen-bond donors (Lipinski definition) is 0. The number of ether oxygens (including phenoxy) is 1. The number of amides is 4. The average Bonchev–Trinajstić information content (AvgIpc) is 2.81. The van der Waals surface area contributed by atoms with Crippen molar-refractivity contribution >= 4 is 23.5 Å². The molecule has 0 saturated carbocycles. The zero-order valence-corrected chi connectivity index (χ0v) is 18.2. The van der Waals surface area contributed by atoms with Crippen molar-refractivity contribution < 1.29 is 19.1 Å². The molecule has 0 bridgehead atoms. The number of benzene rings is 1. The summed E-state index contributed by atoms with van der Waals surface area (Å²) in [5.41, 5.74) is 4.80. The Morgan fingerprint density at radius 1 is 0.935 bits per heavy atom. The quantitative estimate of drug-likeness (QED) is 0.552. The van der Waals surface area contributed by atoms with Crippen LogP contribution in [-0.2, 0) is 14.3 Å². The van der Waals surface area contributed by atoms with Crippen molar-refractivity contribution in [2.45, 2.75) is 25.7 Å². The fourth-order valence-electron chi connectivity index (χ4n) is 4.49. The highest BCUT2D eigenvalue weighted by atomic mass is 16.5. The smallest absolute Gasteiger partial charge is 0.333 e. The van der Waals surface area contributed by atoms with Crippen LogP contribution >= 0.6 is 0 Å². The molecular weight excluding hydrogens is 394 g/mol. The van der Waals surface area contributed by atoms with Gasteiger partial charge >= 0.3 is 6.03 Å². The minimum absolute atomic E-state index is 0.0684. The van der Waals surface area contributed by atoms with Crippen LogP contribution in [0.4, 0.5) is 4.79 Å². The maximum Gasteiger partial charge on any atom is 0.333 e. The van der Waals surface area contributed by atoms with Crippen molar-refractivity contribution in [1.82, 2.24) is 14.7 Å². The van der Waals surface area contributed by atoms with Crippen LogP contribution in [-0.4, -0.2) is 66.9 Å². The summed E-state index contributed by atoms with van der Waals surface area (Å²) in [4.78, 5) is 42.7. The van der Waals surface area contributed by atoms with Crippen LogP contribution in [0.5, 0.6) is 0 Å². The number of imide groups is 2. The monoisotopic (exact) mass is 421 g/mol. The highest BCUT2D eigenvalue weighted by molar-refractivity contribution is 6.29. The zero-order chi connectivity index (χ0) is 22.1. The van der Waals surface area contributed by atoms with Gasteiger partial charge in [0, 0.05) is 39.1 Å². The number of urea groups is 1. The molecule has 1 saturated heterocycles. The van der Waals surface area contributed by atoms with Crippen molar-refractivity contribution in [2.75, 3.05) is 34.4 Å². The molecule has 7 heteroatoms. The molecule has 3 aliphatic rings. The summed E-state index contributed by atoms with van der Waals surface area (Å²) in [5, 5.41) is 0. The zero-order valence-electron chi connectivity index (χ0n) is 18.2. The molecule has 2 aliphatic heterocycles. The van der Waals surface area contributed by atoms with E-state index in [1.807, 2.05) is 36.4 Å². The van der Waals surface area contributed by atoms with Gasteiger partial charge in [-0.3, -0.25) is 19.4 Å². The first-order valence-corrected chi connectivity index (χ1v) is 10.6. The Bertz CT molecular complexity index is 997. The lowest BCUT2D eigenvalue weighted by Crippen LogP contribution is -2.53. The molecule has 2 heterocycles. The minimum atomic E-state index is -0.609. The van der Waals surface area contributed by atoms with Crippen molar-refractivity contribution in [3.8, 4) is 0 Å². The molecule has 0 unspecified atom stereocenters. The Morgan fingerprint density at radius 2 is 1.58 bits per heavy atom. The summed E-state index contributed by atoms with van der Waals surface area (Å²) in [6.45, 7) is 1.24. The van der Waals surface area contributed by atoms with Crippen molar-refractivity contribution in [1.29, 1.82) is 0 Å². The van der Waals surface area contributed by atoms with E-state index in [0.717, 1.165) is 58.0 Å². The Labute approximate surface area is 182 Å². The van der Waals surface area contributed by atoms with E-state index in [4.69, 9.17) is 4.74 Å². The van der Waals surface area contributed by atoms with Gasteiger partial charge in [0.2, 0.25) is 0 Å². The van der Waals surface area contributed by atoms with Crippen molar-refractivity contribution in [3.05, 3.63) is 64.4 Å². The average molecular weight is 421 g/mol. The van der Waals surface area contributed by atoms with Gasteiger partial charge in [-0.15, -0.1) is 0 Å². The SMILES string of the molecule is COCCN1C(c2ccccc2)=CC(=C2C(=O)N(C)C(=O)N(C)C2=O)C2=C1CCCC2. The fourth-order valence-corrected chi connectivity index (χ4v) is 4.49. The predicted octanol–water partition coefficient (Wildman–Crippen LogP) is 3.16. The fraction of sp³-hybridized carbons (Fsp3) is 0.375. The molecule has 31 heavy (non-hydrogen) atoms. The summed E-state index contributed by atoms with van der Waals surface area (Å²) in [6, 6.07) is 9.34. The van der Waals surface area contributed by atoms with E-state index in [9.17, 15) is 14.4 Å². The number of likely N-dealkylation sites (N-methyl/N-ethyl adjacent to an activating group) is 2. The van der Waals surface area contributed by atoms with E-state index in [1.54, 1.807) is 7.11 Å². The number of rotatable bonds is 4. The van der Waals surface area contributed by atoms with E-state index in [2.05, 4.69) is 4.90 Å². The summed E-state index contributed by atoms with van der Waals surface area (Å²) >= 11 is 0. The molecule has 4 rings (SSSR count). The van der Waals surface area contributed by atoms with Crippen LogP contribution < -0.4 is 0 Å². The molecule has 0 aromatic heterocycles. The van der Waals surface area contributed by atoms with Gasteiger partial charge in [0.1, 0.15) is 5.57 Å². The first-order chi connectivity index (χ1) is 15.0. The third kappa shape index (κ3) is 3.59. The van der Waals surface area contributed by atoms with Crippen LogP contribution in [0.1, 0.15) is 31.2 Å². The number of carbonyl (C=O) groups is 3. The Morgan fingerprint density at radius 3 is 2.23 bits per heavy atom. The highest BCUT2D eigenvalue weighted by Gasteiger charge is 2.41. The molecule has 4 amide bonds. The summed E-state index contributed by atoms with van der Waals surface area (Å²) < 4.78 is 5.36. The summed E-state index contributed by atoms with van der Waals surface area (Å²) in [5.74, 6) is -1.09. The lowest BCUT2D eigenvalue weighted by molar-refractivity contribution is -0.134. The van der Waals surface area contributed by atoms with E-state index in [1.165, 1.54) is 14.1 Å². The van der Waals surface area contributed by atoms with Gasteiger partial charge in [0.05, 0.1) is 6.61 Å². The van der Waals surface area contributed by atoms with Gasteiger partial charge < -0.3 is 9.64 Å².